The first kappa shape index (κ1) is 12.3. The number of nitrogens with two attached hydrogens (primary N) is 1. The zero-order valence-corrected chi connectivity index (χ0v) is 10.1. The molecule has 0 fully saturated rings. The second kappa shape index (κ2) is 5.97. The number of tetrazole rings is 1. The van der Waals surface area contributed by atoms with E-state index >= 15 is 0 Å². The van der Waals surface area contributed by atoms with Crippen LogP contribution in [0.3, 0.4) is 0 Å². The van der Waals surface area contributed by atoms with Gasteiger partial charge in [0.05, 0.1) is 13.7 Å². The van der Waals surface area contributed by atoms with Crippen molar-refractivity contribution in [3.8, 4) is 11.5 Å². The second-order valence-electron chi connectivity index (χ2n) is 3.55. The molecule has 0 amide bonds. The van der Waals surface area contributed by atoms with Crippen molar-refractivity contribution in [3.05, 3.63) is 30.1 Å². The first-order valence-electron chi connectivity index (χ1n) is 5.55. The van der Waals surface area contributed by atoms with Gasteiger partial charge in [-0.05, 0) is 29.5 Å². The number of hydrogen-bond acceptors (Lipinski definition) is 6. The highest BCUT2D eigenvalue weighted by Crippen LogP contribution is 2.17. The average Bonchev–Trinajstić information content (AvgIpc) is 2.85. The van der Waals surface area contributed by atoms with Gasteiger partial charge in [-0.1, -0.05) is 0 Å². The molecule has 1 aromatic heterocycles. The molecule has 0 atom stereocenters. The minimum Gasteiger partial charge on any atom is -0.497 e. The van der Waals surface area contributed by atoms with Gasteiger partial charge in [-0.25, -0.2) is 0 Å². The van der Waals surface area contributed by atoms with Crippen molar-refractivity contribution >= 4 is 0 Å². The van der Waals surface area contributed by atoms with E-state index in [0.29, 0.717) is 18.9 Å². The topological polar surface area (TPSA) is 88.1 Å². The minimum atomic E-state index is 0.275. The maximum atomic E-state index is 5.52. The highest BCUT2D eigenvalue weighted by molar-refractivity contribution is 5.31. The maximum absolute atomic E-state index is 5.52. The van der Waals surface area contributed by atoms with E-state index < -0.39 is 0 Å². The molecule has 2 rings (SSSR count). The van der Waals surface area contributed by atoms with E-state index in [4.69, 9.17) is 15.2 Å². The van der Waals surface area contributed by atoms with Crippen molar-refractivity contribution in [2.24, 2.45) is 5.73 Å². The fourth-order valence-corrected chi connectivity index (χ4v) is 1.36. The van der Waals surface area contributed by atoms with Crippen molar-refractivity contribution in [1.29, 1.82) is 0 Å². The Hall–Kier alpha value is -2.15. The summed E-state index contributed by atoms with van der Waals surface area (Å²) in [7, 11) is 1.62. The molecule has 0 saturated heterocycles. The molecule has 0 bridgehead atoms. The molecule has 0 radical (unpaired) electrons. The highest BCUT2D eigenvalue weighted by atomic mass is 16.5. The van der Waals surface area contributed by atoms with Gasteiger partial charge < -0.3 is 15.2 Å². The van der Waals surface area contributed by atoms with E-state index in [9.17, 15) is 0 Å². The van der Waals surface area contributed by atoms with E-state index in [1.54, 1.807) is 7.11 Å². The van der Waals surface area contributed by atoms with Crippen LogP contribution in [-0.2, 0) is 13.2 Å². The molecule has 0 spiro atoms. The first-order chi connectivity index (χ1) is 8.81. The molecule has 0 aliphatic carbocycles. The minimum absolute atomic E-state index is 0.275. The van der Waals surface area contributed by atoms with Crippen molar-refractivity contribution in [2.75, 3.05) is 13.7 Å². The Morgan fingerprint density at radius 1 is 1.22 bits per heavy atom. The van der Waals surface area contributed by atoms with E-state index in [1.807, 2.05) is 24.3 Å². The lowest BCUT2D eigenvalue weighted by atomic mass is 10.3. The normalized spacial score (nSPS) is 10.3. The molecule has 0 aliphatic heterocycles. The molecule has 0 saturated carbocycles. The van der Waals surface area contributed by atoms with E-state index in [-0.39, 0.29) is 6.61 Å². The van der Waals surface area contributed by atoms with Crippen molar-refractivity contribution in [1.82, 2.24) is 20.2 Å². The van der Waals surface area contributed by atoms with Gasteiger partial charge in [-0.15, -0.1) is 10.2 Å². The standard InChI is InChI=1S/C11H15N5O2/c1-17-9-2-4-10(5-3-9)18-8-11-13-15-16(14-11)7-6-12/h2-5H,6-8,12H2,1H3. The van der Waals surface area contributed by atoms with Crippen molar-refractivity contribution in [3.63, 3.8) is 0 Å². The molecule has 1 aromatic carbocycles. The van der Waals surface area contributed by atoms with Gasteiger partial charge in [0.15, 0.2) is 6.61 Å². The lowest BCUT2D eigenvalue weighted by molar-refractivity contribution is 0.294. The third-order valence-electron chi connectivity index (χ3n) is 2.25. The van der Waals surface area contributed by atoms with Crippen LogP contribution < -0.4 is 15.2 Å². The molecule has 0 aliphatic rings. The number of benzene rings is 1. The fourth-order valence-electron chi connectivity index (χ4n) is 1.36. The van der Waals surface area contributed by atoms with Crippen molar-refractivity contribution < 1.29 is 9.47 Å². The third kappa shape index (κ3) is 3.17. The summed E-state index contributed by atoms with van der Waals surface area (Å²) in [6.07, 6.45) is 0. The molecule has 0 unspecified atom stereocenters. The van der Waals surface area contributed by atoms with Crippen LogP contribution in [0.5, 0.6) is 11.5 Å². The summed E-state index contributed by atoms with van der Waals surface area (Å²) in [6.45, 7) is 1.31. The summed E-state index contributed by atoms with van der Waals surface area (Å²) >= 11 is 0. The second-order valence-corrected chi connectivity index (χ2v) is 3.55. The lowest BCUT2D eigenvalue weighted by Crippen LogP contribution is -2.12. The summed E-state index contributed by atoms with van der Waals surface area (Å²) in [5, 5.41) is 11.8. The quantitative estimate of drug-likeness (QED) is 0.787. The molecular weight excluding hydrogens is 234 g/mol. The molecule has 2 N–H and O–H groups in total. The summed E-state index contributed by atoms with van der Waals surface area (Å²) in [5.41, 5.74) is 5.39. The van der Waals surface area contributed by atoms with Crippen LogP contribution in [-0.4, -0.2) is 33.9 Å². The SMILES string of the molecule is COc1ccc(OCc2nnn(CCN)n2)cc1. The summed E-state index contributed by atoms with van der Waals surface area (Å²) < 4.78 is 10.6. The Labute approximate surface area is 104 Å². The average molecular weight is 249 g/mol. The zero-order valence-electron chi connectivity index (χ0n) is 10.1. The van der Waals surface area contributed by atoms with Crippen LogP contribution in [0.2, 0.25) is 0 Å². The Balaban J connectivity index is 1.89. The molecule has 18 heavy (non-hydrogen) atoms. The summed E-state index contributed by atoms with van der Waals surface area (Å²) in [4.78, 5) is 1.45. The Bertz CT molecular complexity index is 482. The highest BCUT2D eigenvalue weighted by Gasteiger charge is 2.03. The van der Waals surface area contributed by atoms with Crippen LogP contribution in [0.4, 0.5) is 0 Å². The Morgan fingerprint density at radius 2 is 1.94 bits per heavy atom. The summed E-state index contributed by atoms with van der Waals surface area (Å²) in [6, 6.07) is 7.30. The Kier molecular flexibility index (Phi) is 4.08. The number of aromatic nitrogens is 4. The van der Waals surface area contributed by atoms with Crippen LogP contribution in [0.25, 0.3) is 0 Å². The van der Waals surface area contributed by atoms with Crippen LogP contribution in [0, 0.1) is 0 Å². The van der Waals surface area contributed by atoms with E-state index in [0.717, 1.165) is 11.5 Å². The van der Waals surface area contributed by atoms with Crippen LogP contribution >= 0.6 is 0 Å². The van der Waals surface area contributed by atoms with Gasteiger partial charge in [0.25, 0.3) is 0 Å². The zero-order chi connectivity index (χ0) is 12.8. The molecular formula is C11H15N5O2. The van der Waals surface area contributed by atoms with Gasteiger partial charge >= 0.3 is 0 Å². The fraction of sp³-hybridized carbons (Fsp3) is 0.364. The van der Waals surface area contributed by atoms with Gasteiger partial charge in [0.1, 0.15) is 11.5 Å². The smallest absolute Gasteiger partial charge is 0.212 e. The third-order valence-corrected chi connectivity index (χ3v) is 2.25. The molecule has 2 aromatic rings. The maximum Gasteiger partial charge on any atom is 0.212 e. The van der Waals surface area contributed by atoms with Gasteiger partial charge in [-0.2, -0.15) is 4.80 Å². The largest absolute Gasteiger partial charge is 0.497 e. The number of ether oxygens (including phenoxy) is 2. The van der Waals surface area contributed by atoms with E-state index in [2.05, 4.69) is 15.4 Å². The van der Waals surface area contributed by atoms with Crippen LogP contribution in [0.1, 0.15) is 5.82 Å². The number of rotatable bonds is 6. The molecule has 1 heterocycles. The molecule has 96 valence electrons. The molecule has 7 heteroatoms. The number of nitrogens with zero attached hydrogens (tertiary/aromatic N) is 4. The monoisotopic (exact) mass is 249 g/mol. The van der Waals surface area contributed by atoms with Crippen molar-refractivity contribution in [2.45, 2.75) is 13.2 Å². The predicted molar refractivity (Wildman–Crippen MR) is 64.2 cm³/mol. The van der Waals surface area contributed by atoms with Gasteiger partial charge in [0.2, 0.25) is 5.82 Å². The first-order valence-corrected chi connectivity index (χ1v) is 5.55. The number of methoxy groups -OCH3 is 1. The number of hydrogen-bond donors (Lipinski definition) is 1. The van der Waals surface area contributed by atoms with Crippen LogP contribution in [0.15, 0.2) is 24.3 Å². The predicted octanol–water partition coefficient (Wildman–Crippen LogP) is 0.219. The summed E-state index contributed by atoms with van der Waals surface area (Å²) in [5.74, 6) is 2.04. The molecule has 7 nitrogen and oxygen atoms in total. The Morgan fingerprint density at radius 3 is 2.61 bits per heavy atom. The van der Waals surface area contributed by atoms with E-state index in [1.165, 1.54) is 4.80 Å². The van der Waals surface area contributed by atoms with Gasteiger partial charge in [-0.3, -0.25) is 0 Å². The van der Waals surface area contributed by atoms with Gasteiger partial charge in [0, 0.05) is 6.54 Å². The lowest BCUT2D eigenvalue weighted by Gasteiger charge is -2.04.